The number of thiocarbonyl (C=S) groups is 1. The van der Waals surface area contributed by atoms with E-state index in [0.29, 0.717) is 29.2 Å². The van der Waals surface area contributed by atoms with Crippen LogP contribution >= 0.6 is 12.2 Å². The summed E-state index contributed by atoms with van der Waals surface area (Å²) >= 11 is 5.17. The van der Waals surface area contributed by atoms with E-state index in [-0.39, 0.29) is 5.11 Å². The van der Waals surface area contributed by atoms with E-state index in [1.807, 2.05) is 6.92 Å². The molecule has 0 bridgehead atoms. The molecule has 25 heavy (non-hydrogen) atoms. The fourth-order valence-corrected chi connectivity index (χ4v) is 2.34. The van der Waals surface area contributed by atoms with Crippen molar-refractivity contribution in [2.24, 2.45) is 0 Å². The van der Waals surface area contributed by atoms with Crippen molar-refractivity contribution in [3.8, 4) is 5.75 Å². The lowest BCUT2D eigenvalue weighted by atomic mass is 10.2. The lowest BCUT2D eigenvalue weighted by molar-refractivity contribution is 0.0602. The Morgan fingerprint density at radius 1 is 1.04 bits per heavy atom. The third-order valence-corrected chi connectivity index (χ3v) is 3.44. The molecular weight excluding hydrogens is 340 g/mol. The number of amides is 1. The number of para-hydroxylation sites is 2. The molecule has 2 aromatic carbocycles. The van der Waals surface area contributed by atoms with Crippen molar-refractivity contribution in [2.45, 2.75) is 6.92 Å². The first-order valence-corrected chi connectivity index (χ1v) is 7.99. The van der Waals surface area contributed by atoms with Gasteiger partial charge in [0.15, 0.2) is 5.11 Å². The van der Waals surface area contributed by atoms with Crippen molar-refractivity contribution in [1.82, 2.24) is 5.32 Å². The SMILES string of the molecule is CCOc1ccccc1C(=O)NC(=S)Nc1ccccc1C(=O)OC. The molecular formula is C18H18N2O4S. The van der Waals surface area contributed by atoms with E-state index in [0.717, 1.165) is 0 Å². The topological polar surface area (TPSA) is 76.7 Å². The standard InChI is InChI=1S/C18H18N2O4S/c1-3-24-15-11-7-5-9-13(15)16(21)20-18(25)19-14-10-6-4-8-12(14)17(22)23-2/h4-11H,3H2,1-2H3,(H2,19,20,21,25). The number of hydrogen-bond acceptors (Lipinski definition) is 5. The van der Waals surface area contributed by atoms with Gasteiger partial charge in [0.1, 0.15) is 5.75 Å². The van der Waals surface area contributed by atoms with Crippen LogP contribution in [0.1, 0.15) is 27.6 Å². The van der Waals surface area contributed by atoms with E-state index in [1.165, 1.54) is 7.11 Å². The molecule has 2 aromatic rings. The number of rotatable bonds is 5. The Balaban J connectivity index is 2.11. The normalized spacial score (nSPS) is 9.84. The van der Waals surface area contributed by atoms with Crippen molar-refractivity contribution in [3.05, 3.63) is 59.7 Å². The Morgan fingerprint density at radius 3 is 2.36 bits per heavy atom. The summed E-state index contributed by atoms with van der Waals surface area (Å²) in [7, 11) is 1.30. The minimum absolute atomic E-state index is 0.0626. The Kier molecular flexibility index (Phi) is 6.47. The second-order valence-electron chi connectivity index (χ2n) is 4.87. The van der Waals surface area contributed by atoms with Crippen molar-refractivity contribution in [2.75, 3.05) is 19.0 Å². The smallest absolute Gasteiger partial charge is 0.339 e. The third kappa shape index (κ3) is 4.77. The van der Waals surface area contributed by atoms with Crippen LogP contribution in [0.5, 0.6) is 5.75 Å². The maximum absolute atomic E-state index is 12.4. The van der Waals surface area contributed by atoms with Crippen molar-refractivity contribution in [1.29, 1.82) is 0 Å². The summed E-state index contributed by atoms with van der Waals surface area (Å²) in [6, 6.07) is 13.6. The predicted molar refractivity (Wildman–Crippen MR) is 99.1 cm³/mol. The maximum Gasteiger partial charge on any atom is 0.339 e. The molecule has 2 rings (SSSR count). The molecule has 0 radical (unpaired) electrons. The third-order valence-electron chi connectivity index (χ3n) is 3.24. The monoisotopic (exact) mass is 358 g/mol. The number of hydrogen-bond donors (Lipinski definition) is 2. The molecule has 0 aliphatic heterocycles. The van der Waals surface area contributed by atoms with Gasteiger partial charge < -0.3 is 14.8 Å². The molecule has 1 amide bonds. The number of ether oxygens (including phenoxy) is 2. The van der Waals surface area contributed by atoms with Crippen molar-refractivity contribution < 1.29 is 19.1 Å². The highest BCUT2D eigenvalue weighted by Crippen LogP contribution is 2.18. The van der Waals surface area contributed by atoms with Crippen LogP contribution in [-0.2, 0) is 4.74 Å². The average molecular weight is 358 g/mol. The van der Waals surface area contributed by atoms with Gasteiger partial charge in [-0.25, -0.2) is 4.79 Å². The molecule has 0 aliphatic carbocycles. The summed E-state index contributed by atoms with van der Waals surface area (Å²) in [5.41, 5.74) is 1.13. The molecule has 0 saturated heterocycles. The van der Waals surface area contributed by atoms with Crippen LogP contribution in [0, 0.1) is 0 Å². The first-order chi connectivity index (χ1) is 12.1. The minimum atomic E-state index is -0.501. The van der Waals surface area contributed by atoms with Crippen LogP contribution in [0.25, 0.3) is 0 Å². The van der Waals surface area contributed by atoms with Gasteiger partial charge in [-0.15, -0.1) is 0 Å². The van der Waals surface area contributed by atoms with Gasteiger partial charge >= 0.3 is 5.97 Å². The van der Waals surface area contributed by atoms with Gasteiger partial charge in [-0.3, -0.25) is 10.1 Å². The van der Waals surface area contributed by atoms with Gasteiger partial charge in [0.2, 0.25) is 0 Å². The number of nitrogens with one attached hydrogen (secondary N) is 2. The van der Waals surface area contributed by atoms with Crippen LogP contribution in [-0.4, -0.2) is 30.7 Å². The average Bonchev–Trinajstić information content (AvgIpc) is 2.62. The summed E-state index contributed by atoms with van der Waals surface area (Å²) in [6.45, 7) is 2.28. The Labute approximate surface area is 151 Å². The van der Waals surface area contributed by atoms with Crippen LogP contribution < -0.4 is 15.4 Å². The summed E-state index contributed by atoms with van der Waals surface area (Å²) in [5, 5.41) is 5.48. The molecule has 0 spiro atoms. The Bertz CT molecular complexity index is 792. The summed E-state index contributed by atoms with van der Waals surface area (Å²) in [5.74, 6) is -0.434. The van der Waals surface area contributed by atoms with Gasteiger partial charge in [0, 0.05) is 0 Å². The summed E-state index contributed by atoms with van der Waals surface area (Å²) < 4.78 is 10.2. The van der Waals surface area contributed by atoms with Crippen molar-refractivity contribution >= 4 is 34.9 Å². The van der Waals surface area contributed by atoms with Crippen LogP contribution in [0.2, 0.25) is 0 Å². The molecule has 0 aliphatic rings. The van der Waals surface area contributed by atoms with Gasteiger partial charge in [0.05, 0.1) is 30.5 Å². The zero-order valence-corrected chi connectivity index (χ0v) is 14.7. The van der Waals surface area contributed by atoms with Gasteiger partial charge in [-0.1, -0.05) is 24.3 Å². The molecule has 0 fully saturated rings. The van der Waals surface area contributed by atoms with E-state index in [1.54, 1.807) is 48.5 Å². The largest absolute Gasteiger partial charge is 0.493 e. The van der Waals surface area contributed by atoms with E-state index in [4.69, 9.17) is 21.7 Å². The number of carbonyl (C=O) groups is 2. The quantitative estimate of drug-likeness (QED) is 0.632. The maximum atomic E-state index is 12.4. The van der Waals surface area contributed by atoms with E-state index < -0.39 is 11.9 Å². The van der Waals surface area contributed by atoms with Crippen LogP contribution in [0.3, 0.4) is 0 Å². The molecule has 130 valence electrons. The van der Waals surface area contributed by atoms with Gasteiger partial charge in [0.25, 0.3) is 5.91 Å². The molecule has 7 heteroatoms. The van der Waals surface area contributed by atoms with Gasteiger partial charge in [-0.2, -0.15) is 0 Å². The van der Waals surface area contributed by atoms with Crippen molar-refractivity contribution in [3.63, 3.8) is 0 Å². The lowest BCUT2D eigenvalue weighted by Crippen LogP contribution is -2.34. The zero-order valence-electron chi connectivity index (χ0n) is 13.9. The molecule has 2 N–H and O–H groups in total. The second-order valence-corrected chi connectivity index (χ2v) is 5.28. The summed E-state index contributed by atoms with van der Waals surface area (Å²) in [4.78, 5) is 24.2. The van der Waals surface area contributed by atoms with Gasteiger partial charge in [-0.05, 0) is 43.4 Å². The highest BCUT2D eigenvalue weighted by atomic mass is 32.1. The van der Waals surface area contributed by atoms with E-state index in [9.17, 15) is 9.59 Å². The summed E-state index contributed by atoms with van der Waals surface area (Å²) in [6.07, 6.45) is 0. The number of esters is 1. The molecule has 0 atom stereocenters. The zero-order chi connectivity index (χ0) is 18.2. The number of benzene rings is 2. The van der Waals surface area contributed by atoms with Crippen LogP contribution in [0.4, 0.5) is 5.69 Å². The van der Waals surface area contributed by atoms with Crippen LogP contribution in [0.15, 0.2) is 48.5 Å². The Hall–Kier alpha value is -2.93. The molecule has 6 nitrogen and oxygen atoms in total. The molecule has 0 saturated carbocycles. The minimum Gasteiger partial charge on any atom is -0.493 e. The number of methoxy groups -OCH3 is 1. The molecule has 0 aromatic heterocycles. The highest BCUT2D eigenvalue weighted by molar-refractivity contribution is 7.80. The predicted octanol–water partition coefficient (Wildman–Crippen LogP) is 3.00. The van der Waals surface area contributed by atoms with E-state index in [2.05, 4.69) is 10.6 Å². The first-order valence-electron chi connectivity index (χ1n) is 7.58. The number of carbonyl (C=O) groups excluding carboxylic acids is 2. The van der Waals surface area contributed by atoms with E-state index >= 15 is 0 Å². The Morgan fingerprint density at radius 2 is 1.68 bits per heavy atom. The first kappa shape index (κ1) is 18.4. The fourth-order valence-electron chi connectivity index (χ4n) is 2.14. The fraction of sp³-hybridized carbons (Fsp3) is 0.167. The molecule has 0 unspecified atom stereocenters. The second kappa shape index (κ2) is 8.79. The highest BCUT2D eigenvalue weighted by Gasteiger charge is 2.15. The molecule has 0 heterocycles. The lowest BCUT2D eigenvalue weighted by Gasteiger charge is -2.13. The number of anilines is 1.